The molecule has 8 heteroatoms. The number of hydrogen-bond acceptors (Lipinski definition) is 6. The van der Waals surface area contributed by atoms with E-state index in [0.29, 0.717) is 23.8 Å². The van der Waals surface area contributed by atoms with Crippen molar-refractivity contribution in [1.82, 2.24) is 20.1 Å². The fourth-order valence-electron chi connectivity index (χ4n) is 2.56. The predicted molar refractivity (Wildman–Crippen MR) is 101 cm³/mol. The number of ether oxygens (including phenoxy) is 2. The second-order valence-electron chi connectivity index (χ2n) is 5.95. The Morgan fingerprint density at radius 3 is 2.79 bits per heavy atom. The van der Waals surface area contributed by atoms with Crippen LogP contribution in [0, 0.1) is 6.92 Å². The molecule has 28 heavy (non-hydrogen) atoms. The van der Waals surface area contributed by atoms with Crippen molar-refractivity contribution in [3.63, 3.8) is 0 Å². The number of nitrogens with one attached hydrogen (secondary N) is 1. The van der Waals surface area contributed by atoms with E-state index in [1.807, 2.05) is 30.3 Å². The summed E-state index contributed by atoms with van der Waals surface area (Å²) in [6.45, 7) is 1.67. The molecule has 0 bridgehead atoms. The van der Waals surface area contributed by atoms with E-state index in [1.54, 1.807) is 37.0 Å². The van der Waals surface area contributed by atoms with E-state index in [4.69, 9.17) is 9.47 Å². The molecule has 2 aromatic heterocycles. The van der Waals surface area contributed by atoms with Crippen LogP contribution in [0.1, 0.15) is 21.6 Å². The summed E-state index contributed by atoms with van der Waals surface area (Å²) in [6, 6.07) is 12.7. The second-order valence-corrected chi connectivity index (χ2v) is 5.95. The molecule has 0 saturated heterocycles. The highest BCUT2D eigenvalue weighted by molar-refractivity contribution is 5.92. The summed E-state index contributed by atoms with van der Waals surface area (Å²) >= 11 is 0. The molecule has 3 rings (SSSR count). The molecule has 2 heterocycles. The summed E-state index contributed by atoms with van der Waals surface area (Å²) in [7, 11) is 1.58. The van der Waals surface area contributed by atoms with Crippen LogP contribution in [0.5, 0.6) is 5.75 Å². The van der Waals surface area contributed by atoms with Gasteiger partial charge in [0.05, 0.1) is 19.0 Å². The topological polar surface area (TPSA) is 95.3 Å². The minimum Gasteiger partial charge on any atom is -0.497 e. The predicted octanol–water partition coefficient (Wildman–Crippen LogP) is 2.06. The Labute approximate surface area is 162 Å². The number of hydrogen-bond donors (Lipinski definition) is 1. The number of esters is 1. The summed E-state index contributed by atoms with van der Waals surface area (Å²) in [6.07, 6.45) is 3.04. The smallest absolute Gasteiger partial charge is 0.342 e. The number of carbonyl (C=O) groups is 2. The molecule has 0 aliphatic heterocycles. The zero-order chi connectivity index (χ0) is 19.9. The number of amides is 1. The number of nitrogens with zero attached hydrogens (tertiary/aromatic N) is 3. The quantitative estimate of drug-likeness (QED) is 0.631. The SMILES string of the molecule is COc1cccc(CNC(=O)COC(=O)c2cnn(-c3ccccn3)c2C)c1. The minimum atomic E-state index is -0.615. The molecule has 0 atom stereocenters. The Hall–Kier alpha value is -3.68. The van der Waals surface area contributed by atoms with Gasteiger partial charge in [-0.05, 0) is 36.8 Å². The van der Waals surface area contributed by atoms with E-state index >= 15 is 0 Å². The van der Waals surface area contributed by atoms with Gasteiger partial charge in [-0.3, -0.25) is 4.79 Å². The third-order valence-electron chi connectivity index (χ3n) is 4.05. The lowest BCUT2D eigenvalue weighted by molar-refractivity contribution is -0.124. The third-order valence-corrected chi connectivity index (χ3v) is 4.05. The molecule has 0 unspecified atom stereocenters. The maximum Gasteiger partial charge on any atom is 0.342 e. The molecule has 0 radical (unpaired) electrons. The highest BCUT2D eigenvalue weighted by atomic mass is 16.5. The summed E-state index contributed by atoms with van der Waals surface area (Å²) in [5.74, 6) is 0.288. The third kappa shape index (κ3) is 4.53. The van der Waals surface area contributed by atoms with Crippen molar-refractivity contribution in [2.75, 3.05) is 13.7 Å². The Morgan fingerprint density at radius 1 is 1.18 bits per heavy atom. The lowest BCUT2D eigenvalue weighted by Crippen LogP contribution is -2.28. The van der Waals surface area contributed by atoms with Crippen molar-refractivity contribution in [1.29, 1.82) is 0 Å². The summed E-state index contributed by atoms with van der Waals surface area (Å²) in [5, 5.41) is 6.87. The van der Waals surface area contributed by atoms with Gasteiger partial charge in [-0.25, -0.2) is 14.5 Å². The molecule has 1 aromatic carbocycles. The van der Waals surface area contributed by atoms with Crippen molar-refractivity contribution in [3.05, 3.63) is 71.7 Å². The Morgan fingerprint density at radius 2 is 2.04 bits per heavy atom. The molecule has 144 valence electrons. The van der Waals surface area contributed by atoms with Crippen LogP contribution in [0.25, 0.3) is 5.82 Å². The van der Waals surface area contributed by atoms with Crippen molar-refractivity contribution in [3.8, 4) is 11.6 Å². The summed E-state index contributed by atoms with van der Waals surface area (Å²) < 4.78 is 11.8. The summed E-state index contributed by atoms with van der Waals surface area (Å²) in [5.41, 5.74) is 1.75. The molecule has 8 nitrogen and oxygen atoms in total. The molecule has 1 N–H and O–H groups in total. The fraction of sp³-hybridized carbons (Fsp3) is 0.200. The van der Waals surface area contributed by atoms with Crippen LogP contribution in [0.4, 0.5) is 0 Å². The van der Waals surface area contributed by atoms with Crippen LogP contribution >= 0.6 is 0 Å². The first-order chi connectivity index (χ1) is 13.6. The first-order valence-electron chi connectivity index (χ1n) is 8.61. The molecule has 0 aliphatic carbocycles. The standard InChI is InChI=1S/C20H20N4O4/c1-14-17(12-23-24(14)18-8-3-4-9-21-18)20(26)28-13-19(25)22-11-15-6-5-7-16(10-15)27-2/h3-10,12H,11,13H2,1-2H3,(H,22,25). The average molecular weight is 380 g/mol. The van der Waals surface area contributed by atoms with Gasteiger partial charge in [0, 0.05) is 12.7 Å². The first kappa shape index (κ1) is 19.1. The van der Waals surface area contributed by atoms with E-state index in [2.05, 4.69) is 15.4 Å². The number of pyridine rings is 1. The number of benzene rings is 1. The largest absolute Gasteiger partial charge is 0.497 e. The molecule has 0 aliphatic rings. The van der Waals surface area contributed by atoms with Crippen molar-refractivity contribution in [2.45, 2.75) is 13.5 Å². The van der Waals surface area contributed by atoms with E-state index in [1.165, 1.54) is 6.20 Å². The fourth-order valence-corrected chi connectivity index (χ4v) is 2.56. The van der Waals surface area contributed by atoms with E-state index in [9.17, 15) is 9.59 Å². The zero-order valence-electron chi connectivity index (χ0n) is 15.6. The van der Waals surface area contributed by atoms with Crippen LogP contribution in [0.15, 0.2) is 54.9 Å². The number of methoxy groups -OCH3 is 1. The molecule has 0 spiro atoms. The number of rotatable bonds is 7. The number of aromatic nitrogens is 3. The van der Waals surface area contributed by atoms with Crippen molar-refractivity contribution in [2.24, 2.45) is 0 Å². The zero-order valence-corrected chi connectivity index (χ0v) is 15.6. The van der Waals surface area contributed by atoms with Gasteiger partial charge in [-0.1, -0.05) is 18.2 Å². The van der Waals surface area contributed by atoms with Gasteiger partial charge in [0.1, 0.15) is 11.3 Å². The highest BCUT2D eigenvalue weighted by Crippen LogP contribution is 2.14. The highest BCUT2D eigenvalue weighted by Gasteiger charge is 2.18. The summed E-state index contributed by atoms with van der Waals surface area (Å²) in [4.78, 5) is 28.4. The lowest BCUT2D eigenvalue weighted by Gasteiger charge is -2.08. The van der Waals surface area contributed by atoms with Crippen molar-refractivity contribution >= 4 is 11.9 Å². The first-order valence-corrected chi connectivity index (χ1v) is 8.61. The monoisotopic (exact) mass is 380 g/mol. The van der Waals surface area contributed by atoms with Gasteiger partial charge in [0.25, 0.3) is 5.91 Å². The Bertz CT molecular complexity index is 969. The van der Waals surface area contributed by atoms with Gasteiger partial charge in [-0.2, -0.15) is 5.10 Å². The number of carbonyl (C=O) groups excluding carboxylic acids is 2. The van der Waals surface area contributed by atoms with Crippen LogP contribution < -0.4 is 10.1 Å². The van der Waals surface area contributed by atoms with Crippen LogP contribution in [0.2, 0.25) is 0 Å². The maximum absolute atomic E-state index is 12.3. The van der Waals surface area contributed by atoms with Crippen LogP contribution in [-0.4, -0.2) is 40.4 Å². The second kappa shape index (κ2) is 8.81. The van der Waals surface area contributed by atoms with Gasteiger partial charge >= 0.3 is 5.97 Å². The lowest BCUT2D eigenvalue weighted by atomic mass is 10.2. The van der Waals surface area contributed by atoms with E-state index < -0.39 is 11.9 Å². The normalized spacial score (nSPS) is 10.4. The van der Waals surface area contributed by atoms with Gasteiger partial charge < -0.3 is 14.8 Å². The van der Waals surface area contributed by atoms with Gasteiger partial charge in [0.15, 0.2) is 12.4 Å². The van der Waals surface area contributed by atoms with E-state index in [-0.39, 0.29) is 12.2 Å². The maximum atomic E-state index is 12.3. The molecule has 1 amide bonds. The molecule has 0 saturated carbocycles. The minimum absolute atomic E-state index is 0.284. The Kier molecular flexibility index (Phi) is 6.01. The molecule has 0 fully saturated rings. The van der Waals surface area contributed by atoms with Gasteiger partial charge in [-0.15, -0.1) is 0 Å². The average Bonchev–Trinajstić information content (AvgIpc) is 3.12. The molecule has 3 aromatic rings. The van der Waals surface area contributed by atoms with Crippen LogP contribution in [0.3, 0.4) is 0 Å². The Balaban J connectivity index is 1.54. The molecular formula is C20H20N4O4. The molecular weight excluding hydrogens is 360 g/mol. The van der Waals surface area contributed by atoms with Gasteiger partial charge in [0.2, 0.25) is 0 Å². The van der Waals surface area contributed by atoms with Crippen molar-refractivity contribution < 1.29 is 19.1 Å². The van der Waals surface area contributed by atoms with E-state index in [0.717, 1.165) is 5.56 Å². The van der Waals surface area contributed by atoms with Crippen LogP contribution in [-0.2, 0) is 16.1 Å².